The Balaban J connectivity index is 1.60. The maximum atomic E-state index is 13.4. The molecule has 2 aromatic carbocycles. The molecule has 3 amide bonds. The number of nitrogens with zero attached hydrogens (tertiary/aromatic N) is 1. The van der Waals surface area contributed by atoms with Crippen LogP contribution in [0.3, 0.4) is 0 Å². The number of piperidine rings is 1. The highest BCUT2D eigenvalue weighted by molar-refractivity contribution is 5.87. The molecule has 0 aromatic heterocycles. The van der Waals surface area contributed by atoms with Gasteiger partial charge in [0, 0.05) is 31.8 Å². The van der Waals surface area contributed by atoms with Crippen LogP contribution in [0.2, 0.25) is 0 Å². The third-order valence-corrected chi connectivity index (χ3v) is 6.35. The summed E-state index contributed by atoms with van der Waals surface area (Å²) in [6.07, 6.45) is 0.634. The van der Waals surface area contributed by atoms with Crippen molar-refractivity contribution in [3.8, 4) is 0 Å². The van der Waals surface area contributed by atoms with Crippen molar-refractivity contribution in [1.82, 2.24) is 15.5 Å². The van der Waals surface area contributed by atoms with Gasteiger partial charge >= 0.3 is 12.1 Å². The van der Waals surface area contributed by atoms with Gasteiger partial charge in [0.15, 0.2) is 0 Å². The first kappa shape index (κ1) is 28.7. The smallest absolute Gasteiger partial charge is 0.408 e. The second-order valence-electron chi connectivity index (χ2n) is 10.6. The highest BCUT2D eigenvalue weighted by Gasteiger charge is 2.33. The van der Waals surface area contributed by atoms with Crippen LogP contribution in [0, 0.1) is 5.92 Å². The lowest BCUT2D eigenvalue weighted by Crippen LogP contribution is -2.53. The highest BCUT2D eigenvalue weighted by Crippen LogP contribution is 2.20. The molecule has 1 saturated heterocycles. The van der Waals surface area contributed by atoms with Gasteiger partial charge in [-0.2, -0.15) is 0 Å². The average molecular weight is 524 g/mol. The van der Waals surface area contributed by atoms with Gasteiger partial charge in [0.2, 0.25) is 11.8 Å². The number of alkyl carbamates (subject to hydrolysis) is 1. The fourth-order valence-electron chi connectivity index (χ4n) is 4.42. The van der Waals surface area contributed by atoms with Crippen LogP contribution < -0.4 is 10.6 Å². The number of carboxylic acids is 1. The van der Waals surface area contributed by atoms with Gasteiger partial charge in [-0.1, -0.05) is 60.7 Å². The Hall–Kier alpha value is -3.88. The molecule has 1 heterocycles. The van der Waals surface area contributed by atoms with E-state index in [1.807, 2.05) is 60.7 Å². The summed E-state index contributed by atoms with van der Waals surface area (Å²) in [6.45, 7) is 5.92. The number of hydrogen-bond donors (Lipinski definition) is 3. The molecule has 1 fully saturated rings. The summed E-state index contributed by atoms with van der Waals surface area (Å²) in [4.78, 5) is 52.2. The molecule has 2 atom stereocenters. The van der Waals surface area contributed by atoms with Gasteiger partial charge in [0.1, 0.15) is 17.7 Å². The van der Waals surface area contributed by atoms with Gasteiger partial charge < -0.3 is 25.4 Å². The van der Waals surface area contributed by atoms with Gasteiger partial charge in [-0.05, 0) is 44.7 Å². The van der Waals surface area contributed by atoms with Crippen LogP contribution in [0.1, 0.15) is 44.7 Å². The lowest BCUT2D eigenvalue weighted by Gasteiger charge is -2.34. The number of ether oxygens (including phenoxy) is 1. The monoisotopic (exact) mass is 523 g/mol. The summed E-state index contributed by atoms with van der Waals surface area (Å²) in [6, 6.07) is 16.7. The van der Waals surface area contributed by atoms with E-state index in [0.29, 0.717) is 32.4 Å². The van der Waals surface area contributed by atoms with E-state index >= 15 is 0 Å². The molecule has 2 unspecified atom stereocenters. The van der Waals surface area contributed by atoms with E-state index in [4.69, 9.17) is 4.74 Å². The van der Waals surface area contributed by atoms with Crippen molar-refractivity contribution in [3.05, 3.63) is 71.8 Å². The Morgan fingerprint density at radius 3 is 1.84 bits per heavy atom. The minimum Gasteiger partial charge on any atom is -0.480 e. The Morgan fingerprint density at radius 2 is 1.37 bits per heavy atom. The van der Waals surface area contributed by atoms with Crippen LogP contribution in [-0.4, -0.2) is 64.7 Å². The molecule has 3 N–H and O–H groups in total. The number of aliphatic carboxylic acids is 1. The van der Waals surface area contributed by atoms with Gasteiger partial charge in [0.25, 0.3) is 0 Å². The van der Waals surface area contributed by atoms with Crippen LogP contribution in [-0.2, 0) is 32.0 Å². The number of rotatable bonds is 9. The summed E-state index contributed by atoms with van der Waals surface area (Å²) >= 11 is 0. The second-order valence-corrected chi connectivity index (χ2v) is 10.6. The second kappa shape index (κ2) is 13.1. The van der Waals surface area contributed by atoms with Crippen LogP contribution in [0.25, 0.3) is 0 Å². The van der Waals surface area contributed by atoms with Crippen LogP contribution in [0.4, 0.5) is 4.79 Å². The number of hydrogen-bond acceptors (Lipinski definition) is 5. The minimum atomic E-state index is -1.09. The van der Waals surface area contributed by atoms with Crippen molar-refractivity contribution in [2.75, 3.05) is 13.1 Å². The zero-order valence-electron chi connectivity index (χ0n) is 22.2. The molecule has 2 aromatic rings. The third kappa shape index (κ3) is 8.90. The van der Waals surface area contributed by atoms with E-state index in [-0.39, 0.29) is 18.2 Å². The molecule has 1 aliphatic heterocycles. The molecule has 9 nitrogen and oxygen atoms in total. The first-order valence-electron chi connectivity index (χ1n) is 12.9. The number of likely N-dealkylation sites (tertiary alicyclic amines) is 1. The zero-order valence-corrected chi connectivity index (χ0v) is 22.2. The lowest BCUT2D eigenvalue weighted by molar-refractivity contribution is -0.143. The number of nitrogens with one attached hydrogen (secondary N) is 2. The largest absolute Gasteiger partial charge is 0.480 e. The first-order valence-corrected chi connectivity index (χ1v) is 12.9. The molecule has 38 heavy (non-hydrogen) atoms. The van der Waals surface area contributed by atoms with Crippen molar-refractivity contribution < 1.29 is 29.0 Å². The molecule has 204 valence electrons. The maximum absolute atomic E-state index is 13.4. The Labute approximate surface area is 223 Å². The topological polar surface area (TPSA) is 125 Å². The van der Waals surface area contributed by atoms with Crippen LogP contribution in [0.15, 0.2) is 60.7 Å². The first-order chi connectivity index (χ1) is 18.0. The van der Waals surface area contributed by atoms with Crippen molar-refractivity contribution in [2.45, 2.75) is 64.1 Å². The zero-order chi connectivity index (χ0) is 27.7. The summed E-state index contributed by atoms with van der Waals surface area (Å²) in [7, 11) is 0. The van der Waals surface area contributed by atoms with Gasteiger partial charge in [-0.25, -0.2) is 9.59 Å². The van der Waals surface area contributed by atoms with Gasteiger partial charge in [0.05, 0.1) is 0 Å². The molecule has 9 heteroatoms. The summed E-state index contributed by atoms with van der Waals surface area (Å²) < 4.78 is 5.37. The molecule has 0 aliphatic carbocycles. The minimum absolute atomic E-state index is 0.191. The molecule has 3 rings (SSSR count). The van der Waals surface area contributed by atoms with E-state index in [9.17, 15) is 24.3 Å². The number of carboxylic acid groups (broad SMARTS) is 1. The Kier molecular flexibility index (Phi) is 9.87. The van der Waals surface area contributed by atoms with Crippen molar-refractivity contribution in [2.24, 2.45) is 5.92 Å². The van der Waals surface area contributed by atoms with Gasteiger partial charge in [-0.15, -0.1) is 0 Å². The summed E-state index contributed by atoms with van der Waals surface area (Å²) in [5, 5.41) is 15.0. The predicted molar refractivity (Wildman–Crippen MR) is 142 cm³/mol. The van der Waals surface area contributed by atoms with E-state index in [1.54, 1.807) is 25.7 Å². The number of amides is 3. The lowest BCUT2D eigenvalue weighted by atomic mass is 9.94. The summed E-state index contributed by atoms with van der Waals surface area (Å²) in [5.74, 6) is -2.06. The summed E-state index contributed by atoms with van der Waals surface area (Å²) in [5.41, 5.74) is 1.02. The third-order valence-electron chi connectivity index (χ3n) is 6.35. The average Bonchev–Trinajstić information content (AvgIpc) is 2.87. The number of benzene rings is 2. The van der Waals surface area contributed by atoms with Crippen molar-refractivity contribution >= 4 is 23.9 Å². The fraction of sp³-hybridized carbons (Fsp3) is 0.448. The van der Waals surface area contributed by atoms with Crippen LogP contribution >= 0.6 is 0 Å². The van der Waals surface area contributed by atoms with Crippen LogP contribution in [0.5, 0.6) is 0 Å². The predicted octanol–water partition coefficient (Wildman–Crippen LogP) is 3.17. The van der Waals surface area contributed by atoms with Crippen molar-refractivity contribution in [1.29, 1.82) is 0 Å². The maximum Gasteiger partial charge on any atom is 0.408 e. The van der Waals surface area contributed by atoms with Crippen molar-refractivity contribution in [3.63, 3.8) is 0 Å². The molecule has 0 bridgehead atoms. The number of carbonyl (C=O) groups is 4. The normalized spacial score (nSPS) is 15.7. The van der Waals surface area contributed by atoms with E-state index < -0.39 is 35.7 Å². The standard InChI is InChI=1S/C29H37N3O6/c1-29(2,3)38-28(37)31-23(18-20-10-6-4-7-11-20)26(34)32-16-14-22(15-17-32)25(33)30-24(27(35)36)19-21-12-8-5-9-13-21/h4-13,22-24H,14-19H2,1-3H3,(H,30,33)(H,31,37)(H,35,36). The fourth-order valence-corrected chi connectivity index (χ4v) is 4.42. The molecule has 1 aliphatic rings. The molecule has 0 spiro atoms. The number of carbonyl (C=O) groups excluding carboxylic acids is 3. The molecular formula is C29H37N3O6. The Bertz CT molecular complexity index is 1090. The molecular weight excluding hydrogens is 486 g/mol. The highest BCUT2D eigenvalue weighted by atomic mass is 16.6. The van der Waals surface area contributed by atoms with E-state index in [2.05, 4.69) is 10.6 Å². The van der Waals surface area contributed by atoms with E-state index in [0.717, 1.165) is 11.1 Å². The van der Waals surface area contributed by atoms with Gasteiger partial charge in [-0.3, -0.25) is 9.59 Å². The SMILES string of the molecule is CC(C)(C)OC(=O)NC(Cc1ccccc1)C(=O)N1CCC(C(=O)NC(Cc2ccccc2)C(=O)O)CC1. The molecule has 0 radical (unpaired) electrons. The molecule has 0 saturated carbocycles. The van der Waals surface area contributed by atoms with E-state index in [1.165, 1.54) is 0 Å². The Morgan fingerprint density at radius 1 is 0.868 bits per heavy atom. The quantitative estimate of drug-likeness (QED) is 0.464.